The molecule has 0 bridgehead atoms. The minimum absolute atomic E-state index is 0.165. The lowest BCUT2D eigenvalue weighted by Gasteiger charge is -2.15. The first-order valence-electron chi connectivity index (χ1n) is 5.81. The van der Waals surface area contributed by atoms with Crippen LogP contribution in [0.2, 0.25) is 0 Å². The monoisotopic (exact) mass is 206 g/mol. The van der Waals surface area contributed by atoms with Crippen LogP contribution in [0, 0.1) is 20.8 Å². The van der Waals surface area contributed by atoms with E-state index in [0.29, 0.717) is 0 Å². The minimum atomic E-state index is 0.165. The maximum Gasteiger partial charge on any atom is 0.0687 e. The minimum Gasteiger partial charge on any atom is -0.392 e. The Morgan fingerprint density at radius 3 is 2.33 bits per heavy atom. The summed E-state index contributed by atoms with van der Waals surface area (Å²) in [6, 6.07) is 2.28. The van der Waals surface area contributed by atoms with Crippen LogP contribution in [0.15, 0.2) is 6.07 Å². The lowest BCUT2D eigenvalue weighted by Crippen LogP contribution is -2.01. The summed E-state index contributed by atoms with van der Waals surface area (Å²) in [7, 11) is 0. The van der Waals surface area contributed by atoms with E-state index in [0.717, 1.165) is 12.0 Å². The van der Waals surface area contributed by atoms with Crippen LogP contribution in [0.1, 0.15) is 47.6 Å². The van der Waals surface area contributed by atoms with Crippen LogP contribution in [-0.4, -0.2) is 5.11 Å². The highest BCUT2D eigenvalue weighted by atomic mass is 16.3. The summed E-state index contributed by atoms with van der Waals surface area (Å²) in [6.45, 7) is 8.73. The van der Waals surface area contributed by atoms with Crippen molar-refractivity contribution in [2.24, 2.45) is 0 Å². The zero-order valence-corrected chi connectivity index (χ0v) is 10.4. The molecule has 0 fully saturated rings. The van der Waals surface area contributed by atoms with Gasteiger partial charge in [0.05, 0.1) is 6.61 Å². The highest BCUT2D eigenvalue weighted by molar-refractivity contribution is 5.44. The van der Waals surface area contributed by atoms with Crippen molar-refractivity contribution in [3.8, 4) is 0 Å². The molecule has 0 saturated carbocycles. The largest absolute Gasteiger partial charge is 0.392 e. The van der Waals surface area contributed by atoms with Crippen molar-refractivity contribution in [2.45, 2.75) is 53.6 Å². The van der Waals surface area contributed by atoms with Gasteiger partial charge >= 0.3 is 0 Å². The van der Waals surface area contributed by atoms with E-state index in [1.54, 1.807) is 0 Å². The molecule has 0 aliphatic rings. The van der Waals surface area contributed by atoms with Crippen LogP contribution in [-0.2, 0) is 13.0 Å². The van der Waals surface area contributed by atoms with Crippen molar-refractivity contribution in [1.29, 1.82) is 0 Å². The molecule has 1 rings (SSSR count). The summed E-state index contributed by atoms with van der Waals surface area (Å²) >= 11 is 0. The number of unbranched alkanes of at least 4 members (excludes halogenated alkanes) is 1. The van der Waals surface area contributed by atoms with Gasteiger partial charge in [-0.1, -0.05) is 19.4 Å². The van der Waals surface area contributed by atoms with Crippen molar-refractivity contribution < 1.29 is 5.11 Å². The van der Waals surface area contributed by atoms with Crippen molar-refractivity contribution in [3.63, 3.8) is 0 Å². The van der Waals surface area contributed by atoms with Crippen LogP contribution >= 0.6 is 0 Å². The van der Waals surface area contributed by atoms with Gasteiger partial charge in [0.1, 0.15) is 0 Å². The molecule has 15 heavy (non-hydrogen) atoms. The van der Waals surface area contributed by atoms with E-state index in [2.05, 4.69) is 33.8 Å². The van der Waals surface area contributed by atoms with E-state index in [-0.39, 0.29) is 6.61 Å². The third kappa shape index (κ3) is 2.60. The molecule has 0 aromatic heterocycles. The summed E-state index contributed by atoms with van der Waals surface area (Å²) < 4.78 is 0. The molecule has 0 spiro atoms. The van der Waals surface area contributed by atoms with E-state index in [1.807, 2.05) is 0 Å². The number of hydrogen-bond donors (Lipinski definition) is 1. The summed E-state index contributed by atoms with van der Waals surface area (Å²) in [4.78, 5) is 0. The van der Waals surface area contributed by atoms with Crippen LogP contribution in [0.4, 0.5) is 0 Å². The predicted molar refractivity (Wildman–Crippen MR) is 65.2 cm³/mol. The molecule has 1 aromatic rings. The van der Waals surface area contributed by atoms with Crippen LogP contribution in [0.3, 0.4) is 0 Å². The van der Waals surface area contributed by atoms with Gasteiger partial charge in [0.25, 0.3) is 0 Å². The highest BCUT2D eigenvalue weighted by Crippen LogP contribution is 2.23. The highest BCUT2D eigenvalue weighted by Gasteiger charge is 2.08. The maximum absolute atomic E-state index is 9.37. The fraction of sp³-hybridized carbons (Fsp3) is 0.571. The van der Waals surface area contributed by atoms with Crippen LogP contribution in [0.5, 0.6) is 0 Å². The van der Waals surface area contributed by atoms with Crippen molar-refractivity contribution >= 4 is 0 Å². The molecule has 0 saturated heterocycles. The van der Waals surface area contributed by atoms with Gasteiger partial charge in [-0.25, -0.2) is 0 Å². The summed E-state index contributed by atoms with van der Waals surface area (Å²) in [5.41, 5.74) is 6.37. The van der Waals surface area contributed by atoms with Gasteiger partial charge in [0.15, 0.2) is 0 Å². The molecule has 1 aromatic carbocycles. The maximum atomic E-state index is 9.37. The molecule has 0 amide bonds. The fourth-order valence-electron chi connectivity index (χ4n) is 2.05. The zero-order valence-electron chi connectivity index (χ0n) is 10.4. The van der Waals surface area contributed by atoms with Gasteiger partial charge in [-0.2, -0.15) is 0 Å². The normalized spacial score (nSPS) is 10.7. The van der Waals surface area contributed by atoms with Crippen molar-refractivity contribution in [1.82, 2.24) is 0 Å². The van der Waals surface area contributed by atoms with Crippen LogP contribution in [0.25, 0.3) is 0 Å². The standard InChI is InChI=1S/C14H22O/c1-5-6-7-13-8-10(2)11(3)14(9-15)12(13)4/h8,15H,5-7,9H2,1-4H3. The number of aliphatic hydroxyl groups excluding tert-OH is 1. The molecular weight excluding hydrogens is 184 g/mol. The second kappa shape index (κ2) is 5.32. The lowest BCUT2D eigenvalue weighted by atomic mass is 9.92. The molecule has 0 heterocycles. The Hall–Kier alpha value is -0.820. The third-order valence-electron chi connectivity index (χ3n) is 3.33. The average molecular weight is 206 g/mol. The Balaban J connectivity index is 3.12. The van der Waals surface area contributed by atoms with Gasteiger partial charge in [-0.3, -0.25) is 0 Å². The van der Waals surface area contributed by atoms with E-state index < -0.39 is 0 Å². The zero-order chi connectivity index (χ0) is 11.4. The quantitative estimate of drug-likeness (QED) is 0.800. The molecule has 0 aliphatic heterocycles. The number of aliphatic hydroxyl groups is 1. The first kappa shape index (κ1) is 12.3. The van der Waals surface area contributed by atoms with Gasteiger partial charge in [-0.15, -0.1) is 0 Å². The summed E-state index contributed by atoms with van der Waals surface area (Å²) in [5, 5.41) is 9.37. The summed E-state index contributed by atoms with van der Waals surface area (Å²) in [5.74, 6) is 0. The summed E-state index contributed by atoms with van der Waals surface area (Å²) in [6.07, 6.45) is 3.59. The van der Waals surface area contributed by atoms with E-state index in [4.69, 9.17) is 0 Å². The van der Waals surface area contributed by atoms with Crippen molar-refractivity contribution in [2.75, 3.05) is 0 Å². The van der Waals surface area contributed by atoms with Crippen molar-refractivity contribution in [3.05, 3.63) is 33.9 Å². The SMILES string of the molecule is CCCCc1cc(C)c(C)c(CO)c1C. The Bertz CT molecular complexity index is 340. The number of hydrogen-bond acceptors (Lipinski definition) is 1. The molecule has 84 valence electrons. The number of rotatable bonds is 4. The topological polar surface area (TPSA) is 20.2 Å². The lowest BCUT2D eigenvalue weighted by molar-refractivity contribution is 0.280. The van der Waals surface area contributed by atoms with Gasteiger partial charge in [0.2, 0.25) is 0 Å². The molecule has 1 N–H and O–H groups in total. The first-order valence-corrected chi connectivity index (χ1v) is 5.81. The van der Waals surface area contributed by atoms with Gasteiger partial charge in [-0.05, 0) is 61.4 Å². The Morgan fingerprint density at radius 1 is 1.13 bits per heavy atom. The van der Waals surface area contributed by atoms with E-state index >= 15 is 0 Å². The molecule has 0 radical (unpaired) electrons. The predicted octanol–water partition coefficient (Wildman–Crippen LogP) is 3.45. The Kier molecular flexibility index (Phi) is 4.34. The second-order valence-corrected chi connectivity index (χ2v) is 4.34. The molecule has 0 unspecified atom stereocenters. The average Bonchev–Trinajstić information content (AvgIpc) is 2.22. The molecule has 0 aliphatic carbocycles. The van der Waals surface area contributed by atoms with Gasteiger partial charge in [0, 0.05) is 0 Å². The third-order valence-corrected chi connectivity index (χ3v) is 3.33. The number of benzene rings is 1. The van der Waals surface area contributed by atoms with E-state index in [9.17, 15) is 5.11 Å². The smallest absolute Gasteiger partial charge is 0.0687 e. The first-order chi connectivity index (χ1) is 7.11. The fourth-order valence-corrected chi connectivity index (χ4v) is 2.05. The Labute approximate surface area is 93.1 Å². The van der Waals surface area contributed by atoms with Gasteiger partial charge < -0.3 is 5.11 Å². The number of aryl methyl sites for hydroxylation is 2. The van der Waals surface area contributed by atoms with Crippen LogP contribution < -0.4 is 0 Å². The molecule has 1 nitrogen and oxygen atoms in total. The molecular formula is C14H22O. The Morgan fingerprint density at radius 2 is 1.80 bits per heavy atom. The molecule has 1 heteroatoms. The van der Waals surface area contributed by atoms with E-state index in [1.165, 1.54) is 35.1 Å². The second-order valence-electron chi connectivity index (χ2n) is 4.34. The molecule has 0 atom stereocenters.